The van der Waals surface area contributed by atoms with E-state index < -0.39 is 0 Å². The lowest BCUT2D eigenvalue weighted by Gasteiger charge is -2.02. The van der Waals surface area contributed by atoms with Crippen molar-refractivity contribution in [3.63, 3.8) is 0 Å². The molecule has 0 saturated carbocycles. The minimum Gasteiger partial charge on any atom is -0.131 e. The van der Waals surface area contributed by atoms with Crippen LogP contribution < -0.4 is 0 Å². The summed E-state index contributed by atoms with van der Waals surface area (Å²) in [5.41, 5.74) is 1.86. The van der Waals surface area contributed by atoms with Crippen molar-refractivity contribution >= 4 is 11.6 Å². The standard InChI is InChI=1S/C10H9ClN4/c1-6-3-4-9(11)8(5-6)10-14-12-7(2)13-15-10/h3-5H,1-2H3. The average molecular weight is 221 g/mol. The summed E-state index contributed by atoms with van der Waals surface area (Å²) in [5, 5.41) is 16.2. The third-order valence-corrected chi connectivity index (χ3v) is 2.27. The highest BCUT2D eigenvalue weighted by atomic mass is 35.5. The maximum atomic E-state index is 6.03. The predicted molar refractivity (Wildman–Crippen MR) is 57.5 cm³/mol. The first-order valence-electron chi connectivity index (χ1n) is 4.47. The maximum absolute atomic E-state index is 6.03. The van der Waals surface area contributed by atoms with Crippen molar-refractivity contribution in [3.05, 3.63) is 34.6 Å². The van der Waals surface area contributed by atoms with Crippen LogP contribution in [0.4, 0.5) is 0 Å². The summed E-state index contributed by atoms with van der Waals surface area (Å²) in [6.07, 6.45) is 0. The van der Waals surface area contributed by atoms with Crippen molar-refractivity contribution in [2.75, 3.05) is 0 Å². The van der Waals surface area contributed by atoms with Crippen molar-refractivity contribution < 1.29 is 0 Å². The SMILES string of the molecule is Cc1ccc(Cl)c(-c2nnc(C)nn2)c1. The fourth-order valence-electron chi connectivity index (χ4n) is 1.20. The Hall–Kier alpha value is -1.55. The molecule has 2 aromatic rings. The van der Waals surface area contributed by atoms with Gasteiger partial charge in [0.25, 0.3) is 0 Å². The minimum atomic E-state index is 0.453. The highest BCUT2D eigenvalue weighted by Crippen LogP contribution is 2.24. The first-order chi connectivity index (χ1) is 7.16. The lowest BCUT2D eigenvalue weighted by atomic mass is 10.1. The van der Waals surface area contributed by atoms with Gasteiger partial charge in [-0.1, -0.05) is 23.2 Å². The molecule has 1 aromatic carbocycles. The van der Waals surface area contributed by atoms with Gasteiger partial charge in [-0.05, 0) is 26.0 Å². The van der Waals surface area contributed by atoms with E-state index in [1.165, 1.54) is 0 Å². The summed E-state index contributed by atoms with van der Waals surface area (Å²) in [7, 11) is 0. The molecule has 0 aliphatic heterocycles. The van der Waals surface area contributed by atoms with E-state index in [1.807, 2.05) is 25.1 Å². The zero-order chi connectivity index (χ0) is 10.8. The van der Waals surface area contributed by atoms with Gasteiger partial charge < -0.3 is 0 Å². The van der Waals surface area contributed by atoms with Crippen LogP contribution >= 0.6 is 11.6 Å². The summed E-state index contributed by atoms with van der Waals surface area (Å²) >= 11 is 6.03. The van der Waals surface area contributed by atoms with E-state index in [-0.39, 0.29) is 0 Å². The summed E-state index contributed by atoms with van der Waals surface area (Å²) < 4.78 is 0. The highest BCUT2D eigenvalue weighted by molar-refractivity contribution is 6.33. The molecule has 0 aliphatic carbocycles. The van der Waals surface area contributed by atoms with Gasteiger partial charge in [-0.25, -0.2) is 0 Å². The molecule has 2 rings (SSSR count). The molecular weight excluding hydrogens is 212 g/mol. The van der Waals surface area contributed by atoms with Crippen LogP contribution in [0, 0.1) is 13.8 Å². The number of hydrogen-bond acceptors (Lipinski definition) is 4. The van der Waals surface area contributed by atoms with E-state index in [0.29, 0.717) is 16.7 Å². The number of nitrogens with zero attached hydrogens (tertiary/aromatic N) is 4. The summed E-state index contributed by atoms with van der Waals surface area (Å²) in [4.78, 5) is 0. The normalized spacial score (nSPS) is 10.3. The van der Waals surface area contributed by atoms with Crippen LogP contribution in [0.15, 0.2) is 18.2 Å². The van der Waals surface area contributed by atoms with E-state index in [2.05, 4.69) is 20.4 Å². The van der Waals surface area contributed by atoms with E-state index >= 15 is 0 Å². The van der Waals surface area contributed by atoms with Gasteiger partial charge in [0.1, 0.15) is 0 Å². The molecule has 5 heteroatoms. The van der Waals surface area contributed by atoms with Crippen molar-refractivity contribution in [3.8, 4) is 11.4 Å². The third-order valence-electron chi connectivity index (χ3n) is 1.94. The largest absolute Gasteiger partial charge is 0.205 e. The van der Waals surface area contributed by atoms with E-state index in [0.717, 1.165) is 11.1 Å². The molecule has 0 amide bonds. The number of aryl methyl sites for hydroxylation is 2. The fraction of sp³-hybridized carbons (Fsp3) is 0.200. The van der Waals surface area contributed by atoms with Crippen LogP contribution in [-0.2, 0) is 0 Å². The molecule has 0 radical (unpaired) electrons. The van der Waals surface area contributed by atoms with Crippen molar-refractivity contribution in [2.45, 2.75) is 13.8 Å². The molecule has 0 spiro atoms. The Balaban J connectivity index is 2.53. The Bertz CT molecular complexity index is 481. The van der Waals surface area contributed by atoms with Crippen LogP contribution in [0.25, 0.3) is 11.4 Å². The number of rotatable bonds is 1. The second-order valence-electron chi connectivity index (χ2n) is 3.25. The molecule has 0 aliphatic rings. The Morgan fingerprint density at radius 2 is 1.67 bits per heavy atom. The summed E-state index contributed by atoms with van der Waals surface area (Å²) in [6.45, 7) is 3.72. The topological polar surface area (TPSA) is 51.6 Å². The molecule has 76 valence electrons. The Morgan fingerprint density at radius 3 is 2.33 bits per heavy atom. The quantitative estimate of drug-likeness (QED) is 0.740. The predicted octanol–water partition coefficient (Wildman–Crippen LogP) is 2.20. The van der Waals surface area contributed by atoms with Crippen LogP contribution in [-0.4, -0.2) is 20.4 Å². The van der Waals surface area contributed by atoms with E-state index in [9.17, 15) is 0 Å². The first-order valence-corrected chi connectivity index (χ1v) is 4.85. The van der Waals surface area contributed by atoms with Crippen LogP contribution in [0.1, 0.15) is 11.4 Å². The van der Waals surface area contributed by atoms with Gasteiger partial charge in [0.2, 0.25) is 5.82 Å². The molecule has 4 nitrogen and oxygen atoms in total. The van der Waals surface area contributed by atoms with E-state index in [4.69, 9.17) is 11.6 Å². The second kappa shape index (κ2) is 3.90. The molecule has 15 heavy (non-hydrogen) atoms. The van der Waals surface area contributed by atoms with Gasteiger partial charge >= 0.3 is 0 Å². The molecule has 0 bridgehead atoms. The molecule has 1 aromatic heterocycles. The molecule has 0 fully saturated rings. The van der Waals surface area contributed by atoms with Crippen LogP contribution in [0.3, 0.4) is 0 Å². The smallest absolute Gasteiger partial charge is 0.131 e. The molecular formula is C10H9ClN4. The second-order valence-corrected chi connectivity index (χ2v) is 3.66. The van der Waals surface area contributed by atoms with Gasteiger partial charge in [-0.3, -0.25) is 0 Å². The Labute approximate surface area is 92.3 Å². The number of hydrogen-bond donors (Lipinski definition) is 0. The number of halogens is 1. The lowest BCUT2D eigenvalue weighted by Crippen LogP contribution is -1.99. The van der Waals surface area contributed by atoms with Gasteiger partial charge in [0.05, 0.1) is 5.02 Å². The zero-order valence-corrected chi connectivity index (χ0v) is 9.15. The average Bonchev–Trinajstić information content (AvgIpc) is 2.23. The van der Waals surface area contributed by atoms with Gasteiger partial charge in [-0.15, -0.1) is 20.4 Å². The van der Waals surface area contributed by atoms with Gasteiger partial charge in [0, 0.05) is 5.56 Å². The van der Waals surface area contributed by atoms with Crippen molar-refractivity contribution in [1.29, 1.82) is 0 Å². The lowest BCUT2D eigenvalue weighted by molar-refractivity contribution is 0.816. The van der Waals surface area contributed by atoms with E-state index in [1.54, 1.807) is 6.92 Å². The zero-order valence-electron chi connectivity index (χ0n) is 8.40. The Kier molecular flexibility index (Phi) is 2.60. The number of aromatic nitrogens is 4. The van der Waals surface area contributed by atoms with Crippen molar-refractivity contribution in [2.24, 2.45) is 0 Å². The first kappa shape index (κ1) is 9.98. The molecule has 0 N–H and O–H groups in total. The molecule has 0 unspecified atom stereocenters. The Morgan fingerprint density at radius 1 is 1.00 bits per heavy atom. The number of benzene rings is 1. The van der Waals surface area contributed by atoms with Crippen molar-refractivity contribution in [1.82, 2.24) is 20.4 Å². The molecule has 0 saturated heterocycles. The van der Waals surface area contributed by atoms with Gasteiger partial charge in [0.15, 0.2) is 5.82 Å². The third kappa shape index (κ3) is 2.10. The monoisotopic (exact) mass is 220 g/mol. The molecule has 0 atom stereocenters. The van der Waals surface area contributed by atoms with Crippen LogP contribution in [0.5, 0.6) is 0 Å². The summed E-state index contributed by atoms with van der Waals surface area (Å²) in [5.74, 6) is 0.997. The fourth-order valence-corrected chi connectivity index (χ4v) is 1.40. The minimum absolute atomic E-state index is 0.453. The molecule has 1 heterocycles. The van der Waals surface area contributed by atoms with Gasteiger partial charge in [-0.2, -0.15) is 0 Å². The summed E-state index contributed by atoms with van der Waals surface area (Å²) in [6, 6.07) is 5.66. The maximum Gasteiger partial charge on any atom is 0.205 e. The van der Waals surface area contributed by atoms with Crippen LogP contribution in [0.2, 0.25) is 5.02 Å². The highest BCUT2D eigenvalue weighted by Gasteiger charge is 2.07.